The van der Waals surface area contributed by atoms with Crippen molar-refractivity contribution in [2.75, 3.05) is 12.4 Å². The Morgan fingerprint density at radius 1 is 1.12 bits per heavy atom. The summed E-state index contributed by atoms with van der Waals surface area (Å²) in [6.45, 7) is 0. The molecule has 0 unspecified atom stereocenters. The summed E-state index contributed by atoms with van der Waals surface area (Å²) in [5.74, 6) is 0.241. The minimum absolute atomic E-state index is 0.153. The maximum Gasteiger partial charge on any atom is 0.258 e. The molecule has 1 amide bonds. The summed E-state index contributed by atoms with van der Waals surface area (Å²) in [6.07, 6.45) is 2.87. The second kappa shape index (κ2) is 7.05. The van der Waals surface area contributed by atoms with Gasteiger partial charge in [0.2, 0.25) is 5.91 Å². The number of hydrogen-bond donors (Lipinski definition) is 1. The summed E-state index contributed by atoms with van der Waals surface area (Å²) in [4.78, 5) is 24.6. The number of nitrogens with one attached hydrogen (secondary N) is 1. The third-order valence-corrected chi connectivity index (χ3v) is 3.94. The molecule has 3 aromatic rings. The summed E-state index contributed by atoms with van der Waals surface area (Å²) < 4.78 is 6.78. The Hall–Kier alpha value is -3.34. The summed E-state index contributed by atoms with van der Waals surface area (Å²) in [6, 6.07) is 16.5. The molecular weight excluding hydrogens is 316 g/mol. The highest BCUT2D eigenvalue weighted by molar-refractivity contribution is 6.02. The molecule has 0 aliphatic rings. The first-order valence-corrected chi connectivity index (χ1v) is 7.81. The van der Waals surface area contributed by atoms with Crippen molar-refractivity contribution in [3.05, 3.63) is 76.6 Å². The van der Waals surface area contributed by atoms with E-state index in [1.807, 2.05) is 30.3 Å². The predicted octanol–water partition coefficient (Wildman–Crippen LogP) is 3.20. The highest BCUT2D eigenvalue weighted by atomic mass is 16.5. The zero-order valence-electron chi connectivity index (χ0n) is 14.0. The minimum Gasteiger partial charge on any atom is -0.495 e. The van der Waals surface area contributed by atoms with E-state index in [9.17, 15) is 9.59 Å². The first-order valence-electron chi connectivity index (χ1n) is 7.81. The van der Waals surface area contributed by atoms with E-state index >= 15 is 0 Å². The van der Waals surface area contributed by atoms with Crippen LogP contribution in [0.1, 0.15) is 5.56 Å². The van der Waals surface area contributed by atoms with Crippen LogP contribution in [-0.4, -0.2) is 17.6 Å². The van der Waals surface area contributed by atoms with Gasteiger partial charge in [0, 0.05) is 18.7 Å². The number of anilines is 1. The van der Waals surface area contributed by atoms with Crippen molar-refractivity contribution in [3.8, 4) is 5.75 Å². The van der Waals surface area contributed by atoms with Crippen LogP contribution in [0.3, 0.4) is 0 Å². The van der Waals surface area contributed by atoms with Crippen LogP contribution in [-0.2, 0) is 11.8 Å². The monoisotopic (exact) mass is 334 g/mol. The van der Waals surface area contributed by atoms with Gasteiger partial charge in [0.25, 0.3) is 5.56 Å². The molecule has 0 saturated heterocycles. The standard InChI is InChI=1S/C20H18N2O3/c1-22-17-9-5-3-7-14(17)13-15(20(22)24)11-12-19(23)21-16-8-4-6-10-18(16)25-2/h3-13H,1-2H3,(H,21,23)/b12-11+. The molecule has 0 atom stereocenters. The summed E-state index contributed by atoms with van der Waals surface area (Å²) in [5.41, 5.74) is 1.73. The number of carbonyl (C=O) groups is 1. The van der Waals surface area contributed by atoms with E-state index in [-0.39, 0.29) is 11.5 Å². The van der Waals surface area contributed by atoms with E-state index in [4.69, 9.17) is 4.74 Å². The molecule has 0 aliphatic carbocycles. The number of fused-ring (bicyclic) bond motifs is 1. The van der Waals surface area contributed by atoms with Gasteiger partial charge in [0.05, 0.1) is 18.3 Å². The number of nitrogens with zero attached hydrogens (tertiary/aromatic N) is 1. The van der Waals surface area contributed by atoms with Crippen LogP contribution in [0.5, 0.6) is 5.75 Å². The molecule has 0 bridgehead atoms. The van der Waals surface area contributed by atoms with Gasteiger partial charge in [-0.1, -0.05) is 30.3 Å². The molecule has 3 rings (SSSR count). The van der Waals surface area contributed by atoms with E-state index in [1.165, 1.54) is 12.2 Å². The van der Waals surface area contributed by atoms with Crippen molar-refractivity contribution >= 4 is 28.6 Å². The first-order chi connectivity index (χ1) is 12.1. The van der Waals surface area contributed by atoms with Crippen molar-refractivity contribution < 1.29 is 9.53 Å². The average Bonchev–Trinajstić information content (AvgIpc) is 2.64. The smallest absolute Gasteiger partial charge is 0.258 e. The van der Waals surface area contributed by atoms with Crippen molar-refractivity contribution in [1.29, 1.82) is 0 Å². The number of ether oxygens (including phenoxy) is 1. The quantitative estimate of drug-likeness (QED) is 0.745. The van der Waals surface area contributed by atoms with Crippen LogP contribution in [0.2, 0.25) is 0 Å². The second-order valence-corrected chi connectivity index (χ2v) is 5.55. The lowest BCUT2D eigenvalue weighted by atomic mass is 10.1. The number of para-hydroxylation sites is 3. The van der Waals surface area contributed by atoms with Crippen LogP contribution in [0.15, 0.2) is 65.5 Å². The SMILES string of the molecule is COc1ccccc1NC(=O)/C=C/c1cc2ccccc2n(C)c1=O. The zero-order chi connectivity index (χ0) is 17.8. The summed E-state index contributed by atoms with van der Waals surface area (Å²) in [7, 11) is 3.26. The topological polar surface area (TPSA) is 60.3 Å². The Morgan fingerprint density at radius 3 is 2.64 bits per heavy atom. The number of methoxy groups -OCH3 is 1. The Kier molecular flexibility index (Phi) is 4.66. The number of benzene rings is 2. The van der Waals surface area contributed by atoms with E-state index < -0.39 is 0 Å². The number of amides is 1. The zero-order valence-corrected chi connectivity index (χ0v) is 14.0. The molecule has 0 spiro atoms. The molecule has 5 nitrogen and oxygen atoms in total. The van der Waals surface area contributed by atoms with Gasteiger partial charge in [-0.05, 0) is 35.7 Å². The van der Waals surface area contributed by atoms with Crippen LogP contribution in [0.4, 0.5) is 5.69 Å². The van der Waals surface area contributed by atoms with Crippen molar-refractivity contribution in [2.45, 2.75) is 0 Å². The summed E-state index contributed by atoms with van der Waals surface area (Å²) in [5, 5.41) is 3.68. The highest BCUT2D eigenvalue weighted by Crippen LogP contribution is 2.23. The highest BCUT2D eigenvalue weighted by Gasteiger charge is 2.06. The Bertz CT molecular complexity index is 1020. The van der Waals surface area contributed by atoms with Crippen LogP contribution < -0.4 is 15.6 Å². The predicted molar refractivity (Wildman–Crippen MR) is 99.8 cm³/mol. The Labute approximate surface area is 145 Å². The third-order valence-electron chi connectivity index (χ3n) is 3.94. The van der Waals surface area contributed by atoms with Gasteiger partial charge in [-0.2, -0.15) is 0 Å². The molecule has 2 aromatic carbocycles. The molecule has 0 fully saturated rings. The van der Waals surface area contributed by atoms with E-state index in [0.29, 0.717) is 17.0 Å². The lowest BCUT2D eigenvalue weighted by Crippen LogP contribution is -2.19. The van der Waals surface area contributed by atoms with Gasteiger partial charge in [-0.3, -0.25) is 9.59 Å². The van der Waals surface area contributed by atoms with Crippen molar-refractivity contribution in [3.63, 3.8) is 0 Å². The van der Waals surface area contributed by atoms with Crippen LogP contribution in [0.25, 0.3) is 17.0 Å². The number of pyridine rings is 1. The van der Waals surface area contributed by atoms with Crippen molar-refractivity contribution in [2.24, 2.45) is 7.05 Å². The van der Waals surface area contributed by atoms with Gasteiger partial charge in [0.1, 0.15) is 5.75 Å². The molecule has 1 aromatic heterocycles. The lowest BCUT2D eigenvalue weighted by molar-refractivity contribution is -0.111. The number of aryl methyl sites for hydroxylation is 1. The lowest BCUT2D eigenvalue weighted by Gasteiger charge is -2.08. The molecule has 0 radical (unpaired) electrons. The number of hydrogen-bond acceptors (Lipinski definition) is 3. The van der Waals surface area contributed by atoms with E-state index in [0.717, 1.165) is 10.9 Å². The molecule has 25 heavy (non-hydrogen) atoms. The van der Waals surface area contributed by atoms with Crippen molar-refractivity contribution in [1.82, 2.24) is 4.57 Å². The van der Waals surface area contributed by atoms with Gasteiger partial charge >= 0.3 is 0 Å². The third kappa shape index (κ3) is 3.45. The van der Waals surface area contributed by atoms with Crippen LogP contribution >= 0.6 is 0 Å². The molecule has 1 heterocycles. The maximum atomic E-state index is 12.4. The van der Waals surface area contributed by atoms with Gasteiger partial charge < -0.3 is 14.6 Å². The number of carbonyl (C=O) groups excluding carboxylic acids is 1. The largest absolute Gasteiger partial charge is 0.495 e. The minimum atomic E-state index is -0.334. The second-order valence-electron chi connectivity index (χ2n) is 5.55. The fourth-order valence-corrected chi connectivity index (χ4v) is 2.65. The fourth-order valence-electron chi connectivity index (χ4n) is 2.65. The van der Waals surface area contributed by atoms with Gasteiger partial charge in [-0.15, -0.1) is 0 Å². The van der Waals surface area contributed by atoms with E-state index in [2.05, 4.69) is 5.32 Å². The van der Waals surface area contributed by atoms with Crippen LogP contribution in [0, 0.1) is 0 Å². The molecule has 5 heteroatoms. The molecular formula is C20H18N2O3. The Morgan fingerprint density at radius 2 is 1.84 bits per heavy atom. The number of aromatic nitrogens is 1. The average molecular weight is 334 g/mol. The normalized spacial score (nSPS) is 11.0. The number of rotatable bonds is 4. The first kappa shape index (κ1) is 16.5. The molecule has 1 N–H and O–H groups in total. The fraction of sp³-hybridized carbons (Fsp3) is 0.100. The summed E-state index contributed by atoms with van der Waals surface area (Å²) >= 11 is 0. The van der Waals surface area contributed by atoms with Gasteiger partial charge in [-0.25, -0.2) is 0 Å². The maximum absolute atomic E-state index is 12.4. The van der Waals surface area contributed by atoms with E-state index in [1.54, 1.807) is 43.0 Å². The van der Waals surface area contributed by atoms with Gasteiger partial charge in [0.15, 0.2) is 0 Å². The molecule has 0 saturated carbocycles. The molecule has 0 aliphatic heterocycles. The molecule has 126 valence electrons. The Balaban J connectivity index is 1.87.